The van der Waals surface area contributed by atoms with E-state index in [4.69, 9.17) is 5.73 Å². The fourth-order valence-electron chi connectivity index (χ4n) is 3.15. The Bertz CT molecular complexity index is 402. The third kappa shape index (κ3) is 3.80. The molecule has 1 fully saturated rings. The second kappa shape index (κ2) is 6.53. The Balaban J connectivity index is 1.89. The van der Waals surface area contributed by atoms with Gasteiger partial charge in [-0.3, -0.25) is 0 Å². The van der Waals surface area contributed by atoms with Gasteiger partial charge >= 0.3 is 0 Å². The van der Waals surface area contributed by atoms with Gasteiger partial charge in [-0.05, 0) is 50.2 Å². The first-order chi connectivity index (χ1) is 9.08. The lowest BCUT2D eigenvalue weighted by Gasteiger charge is -2.37. The van der Waals surface area contributed by atoms with Gasteiger partial charge in [-0.2, -0.15) is 0 Å². The van der Waals surface area contributed by atoms with E-state index in [2.05, 4.69) is 49.9 Å². The number of nitrogens with two attached hydrogens (primary N) is 1. The number of nitrogens with zero attached hydrogens (tertiary/aromatic N) is 1. The van der Waals surface area contributed by atoms with Gasteiger partial charge in [0.25, 0.3) is 0 Å². The van der Waals surface area contributed by atoms with Crippen molar-refractivity contribution in [2.75, 3.05) is 13.1 Å². The van der Waals surface area contributed by atoms with E-state index in [9.17, 15) is 0 Å². The first kappa shape index (κ1) is 14.5. The van der Waals surface area contributed by atoms with Crippen LogP contribution in [0.5, 0.6) is 0 Å². The Hall–Kier alpha value is -0.860. The van der Waals surface area contributed by atoms with Crippen molar-refractivity contribution >= 4 is 0 Å². The summed E-state index contributed by atoms with van der Waals surface area (Å²) in [6, 6.07) is 9.39. The normalized spacial score (nSPS) is 26.3. The summed E-state index contributed by atoms with van der Waals surface area (Å²) in [5.74, 6) is 0.839. The molecule has 0 saturated carbocycles. The third-order valence-electron chi connectivity index (χ3n) is 4.56. The van der Waals surface area contributed by atoms with Crippen LogP contribution in [-0.2, 0) is 0 Å². The molecular weight excluding hydrogens is 232 g/mol. The molecule has 2 N–H and O–H groups in total. The van der Waals surface area contributed by atoms with Gasteiger partial charge < -0.3 is 10.6 Å². The van der Waals surface area contributed by atoms with E-state index in [1.165, 1.54) is 30.5 Å². The number of piperidine rings is 1. The highest BCUT2D eigenvalue weighted by atomic mass is 15.2. The maximum Gasteiger partial charge on any atom is 0.0309 e. The predicted molar refractivity (Wildman–Crippen MR) is 82.2 cm³/mol. The van der Waals surface area contributed by atoms with E-state index in [1.54, 1.807) is 0 Å². The summed E-state index contributed by atoms with van der Waals surface area (Å²) in [5, 5.41) is 0. The number of benzene rings is 1. The van der Waals surface area contributed by atoms with Crippen molar-refractivity contribution in [2.45, 2.75) is 52.1 Å². The van der Waals surface area contributed by atoms with Crippen LogP contribution in [0.25, 0.3) is 0 Å². The second-order valence-electron chi connectivity index (χ2n) is 6.28. The molecule has 3 atom stereocenters. The molecular formula is C17H28N2. The van der Waals surface area contributed by atoms with Crippen LogP contribution in [0.15, 0.2) is 24.3 Å². The smallest absolute Gasteiger partial charge is 0.0309 e. The van der Waals surface area contributed by atoms with Crippen LogP contribution in [0, 0.1) is 12.8 Å². The molecule has 2 heteroatoms. The van der Waals surface area contributed by atoms with Gasteiger partial charge in [-0.15, -0.1) is 0 Å². The van der Waals surface area contributed by atoms with Crippen molar-refractivity contribution in [2.24, 2.45) is 11.7 Å². The van der Waals surface area contributed by atoms with Crippen molar-refractivity contribution in [3.8, 4) is 0 Å². The van der Waals surface area contributed by atoms with Crippen molar-refractivity contribution in [3.63, 3.8) is 0 Å². The van der Waals surface area contributed by atoms with Gasteiger partial charge in [-0.1, -0.05) is 31.2 Å². The highest BCUT2D eigenvalue weighted by Crippen LogP contribution is 2.24. The van der Waals surface area contributed by atoms with E-state index in [0.717, 1.165) is 24.9 Å². The van der Waals surface area contributed by atoms with Crippen LogP contribution >= 0.6 is 0 Å². The standard InChI is InChI=1S/C17H28N2/c1-13-8-9-15(3)19(12-13)11-10-17(18)16-7-5-4-6-14(16)2/h4-7,13,15,17H,8-12,18H2,1-3H3. The highest BCUT2D eigenvalue weighted by Gasteiger charge is 2.23. The lowest BCUT2D eigenvalue weighted by molar-refractivity contribution is 0.121. The summed E-state index contributed by atoms with van der Waals surface area (Å²) in [7, 11) is 0. The Labute approximate surface area is 118 Å². The molecule has 0 bridgehead atoms. The van der Waals surface area contributed by atoms with Crippen LogP contribution in [0.4, 0.5) is 0 Å². The minimum atomic E-state index is 0.172. The number of rotatable bonds is 4. The first-order valence-electron chi connectivity index (χ1n) is 7.63. The second-order valence-corrected chi connectivity index (χ2v) is 6.28. The lowest BCUT2D eigenvalue weighted by Crippen LogP contribution is -2.42. The molecule has 1 saturated heterocycles. The third-order valence-corrected chi connectivity index (χ3v) is 4.56. The first-order valence-corrected chi connectivity index (χ1v) is 7.63. The molecule has 0 radical (unpaired) electrons. The largest absolute Gasteiger partial charge is 0.324 e. The summed E-state index contributed by atoms with van der Waals surface area (Å²) in [4.78, 5) is 2.62. The molecule has 1 aliphatic rings. The number of hydrogen-bond donors (Lipinski definition) is 1. The van der Waals surface area contributed by atoms with Crippen molar-refractivity contribution in [3.05, 3.63) is 35.4 Å². The Morgan fingerprint density at radius 1 is 1.26 bits per heavy atom. The van der Waals surface area contributed by atoms with Crippen LogP contribution < -0.4 is 5.73 Å². The molecule has 19 heavy (non-hydrogen) atoms. The average molecular weight is 260 g/mol. The SMILES string of the molecule is Cc1ccccc1C(N)CCN1CC(C)CCC1C. The van der Waals surface area contributed by atoms with E-state index < -0.39 is 0 Å². The molecule has 2 nitrogen and oxygen atoms in total. The number of likely N-dealkylation sites (tertiary alicyclic amines) is 1. The van der Waals surface area contributed by atoms with Crippen molar-refractivity contribution in [1.82, 2.24) is 4.90 Å². The average Bonchev–Trinajstić information content (AvgIpc) is 2.40. The zero-order chi connectivity index (χ0) is 13.8. The van der Waals surface area contributed by atoms with E-state index in [1.807, 2.05) is 0 Å². The van der Waals surface area contributed by atoms with Gasteiger partial charge in [0.15, 0.2) is 0 Å². The topological polar surface area (TPSA) is 29.3 Å². The van der Waals surface area contributed by atoms with Gasteiger partial charge in [0.2, 0.25) is 0 Å². The molecule has 1 aromatic carbocycles. The zero-order valence-corrected chi connectivity index (χ0v) is 12.6. The summed E-state index contributed by atoms with van der Waals surface area (Å²) >= 11 is 0. The van der Waals surface area contributed by atoms with E-state index in [-0.39, 0.29) is 6.04 Å². The summed E-state index contributed by atoms with van der Waals surface area (Å²) in [6.07, 6.45) is 3.77. The van der Waals surface area contributed by atoms with Gasteiger partial charge in [0.05, 0.1) is 0 Å². The maximum atomic E-state index is 6.37. The zero-order valence-electron chi connectivity index (χ0n) is 12.6. The molecule has 1 aromatic rings. The van der Waals surface area contributed by atoms with Crippen LogP contribution in [0.1, 0.15) is 50.3 Å². The van der Waals surface area contributed by atoms with Crippen LogP contribution in [0.2, 0.25) is 0 Å². The Morgan fingerprint density at radius 2 is 2.00 bits per heavy atom. The van der Waals surface area contributed by atoms with E-state index >= 15 is 0 Å². The molecule has 0 aromatic heterocycles. The highest BCUT2D eigenvalue weighted by molar-refractivity contribution is 5.28. The minimum Gasteiger partial charge on any atom is -0.324 e. The lowest BCUT2D eigenvalue weighted by atomic mass is 9.94. The summed E-state index contributed by atoms with van der Waals surface area (Å²) in [5.41, 5.74) is 8.99. The molecule has 3 unspecified atom stereocenters. The number of hydrogen-bond acceptors (Lipinski definition) is 2. The molecule has 0 amide bonds. The molecule has 1 aliphatic heterocycles. The summed E-state index contributed by atoms with van der Waals surface area (Å²) in [6.45, 7) is 9.23. The predicted octanol–water partition coefficient (Wildman–Crippen LogP) is 3.51. The van der Waals surface area contributed by atoms with Crippen molar-refractivity contribution in [1.29, 1.82) is 0 Å². The fourth-order valence-corrected chi connectivity index (χ4v) is 3.15. The van der Waals surface area contributed by atoms with Crippen LogP contribution in [0.3, 0.4) is 0 Å². The molecule has 0 aliphatic carbocycles. The maximum absolute atomic E-state index is 6.37. The Kier molecular flexibility index (Phi) is 5.00. The summed E-state index contributed by atoms with van der Waals surface area (Å²) < 4.78 is 0. The van der Waals surface area contributed by atoms with Gasteiger partial charge in [0.1, 0.15) is 0 Å². The van der Waals surface area contributed by atoms with E-state index in [0.29, 0.717) is 0 Å². The van der Waals surface area contributed by atoms with Gasteiger partial charge in [0, 0.05) is 25.2 Å². The van der Waals surface area contributed by atoms with Crippen LogP contribution in [-0.4, -0.2) is 24.0 Å². The Morgan fingerprint density at radius 3 is 2.74 bits per heavy atom. The molecule has 2 rings (SSSR count). The van der Waals surface area contributed by atoms with Crippen molar-refractivity contribution < 1.29 is 0 Å². The molecule has 1 heterocycles. The monoisotopic (exact) mass is 260 g/mol. The fraction of sp³-hybridized carbons (Fsp3) is 0.647. The van der Waals surface area contributed by atoms with Gasteiger partial charge in [-0.25, -0.2) is 0 Å². The molecule has 106 valence electrons. The molecule has 0 spiro atoms. The quantitative estimate of drug-likeness (QED) is 0.897. The number of aryl methyl sites for hydroxylation is 1. The minimum absolute atomic E-state index is 0.172.